The molecule has 25 heavy (non-hydrogen) atoms. The molecule has 3 amide bonds. The molecule has 1 aromatic heterocycles. The smallest absolute Gasteiger partial charge is 0.389 e. The van der Waals surface area contributed by atoms with Gasteiger partial charge in [0.15, 0.2) is 5.76 Å². The zero-order valence-electron chi connectivity index (χ0n) is 14.0. The fourth-order valence-corrected chi connectivity index (χ4v) is 3.17. The van der Waals surface area contributed by atoms with Gasteiger partial charge in [-0.3, -0.25) is 14.6 Å². The molecule has 1 unspecified atom stereocenters. The van der Waals surface area contributed by atoms with Gasteiger partial charge in [-0.1, -0.05) is 18.2 Å². The second kappa shape index (κ2) is 5.23. The van der Waals surface area contributed by atoms with Crippen molar-refractivity contribution in [2.24, 2.45) is 4.99 Å². The molecule has 2 aliphatic rings. The third-order valence-corrected chi connectivity index (χ3v) is 4.68. The number of carbonyl (C=O) groups excluding carboxylic acids is 2. The van der Waals surface area contributed by atoms with E-state index in [2.05, 4.69) is 4.99 Å². The maximum atomic E-state index is 14.0. The average molecular weight is 343 g/mol. The summed E-state index contributed by atoms with van der Waals surface area (Å²) < 4.78 is 21.2. The highest BCUT2D eigenvalue weighted by atomic mass is 19.1. The van der Waals surface area contributed by atoms with Crippen molar-refractivity contribution >= 4 is 23.8 Å². The molecule has 1 atom stereocenters. The van der Waals surface area contributed by atoms with E-state index in [1.807, 2.05) is 6.92 Å². The molecule has 0 radical (unpaired) electrons. The van der Waals surface area contributed by atoms with Gasteiger partial charge in [-0.05, 0) is 13.0 Å². The first-order chi connectivity index (χ1) is 11.9. The summed E-state index contributed by atoms with van der Waals surface area (Å²) in [4.78, 5) is 32.3. The molecule has 1 fully saturated rings. The molecule has 0 saturated carbocycles. The normalized spacial score (nSPS) is 19.2. The van der Waals surface area contributed by atoms with Crippen LogP contribution in [0.15, 0.2) is 33.7 Å². The van der Waals surface area contributed by atoms with Gasteiger partial charge in [0.25, 0.3) is 17.8 Å². The maximum Gasteiger partial charge on any atom is 0.507 e. The predicted molar refractivity (Wildman–Crippen MR) is 84.6 cm³/mol. The summed E-state index contributed by atoms with van der Waals surface area (Å²) in [7, 11) is 1.55. The van der Waals surface area contributed by atoms with E-state index >= 15 is 0 Å². The summed E-state index contributed by atoms with van der Waals surface area (Å²) in [5.41, 5.74) is 1.04. The largest absolute Gasteiger partial charge is 0.507 e. The minimum atomic E-state index is -0.776. The summed E-state index contributed by atoms with van der Waals surface area (Å²) >= 11 is 0. The van der Waals surface area contributed by atoms with Gasteiger partial charge in [0.05, 0.1) is 6.54 Å². The van der Waals surface area contributed by atoms with Crippen LogP contribution in [0.2, 0.25) is 0 Å². The number of hydrogen-bond acceptors (Lipinski definition) is 4. The van der Waals surface area contributed by atoms with Crippen LogP contribution in [0.4, 0.5) is 15.2 Å². The molecule has 2 aliphatic heterocycles. The topological polar surface area (TPSA) is 70.0 Å². The number of oxazole rings is 1. The van der Waals surface area contributed by atoms with Crippen LogP contribution >= 0.6 is 0 Å². The minimum Gasteiger partial charge on any atom is -0.389 e. The molecule has 1 aromatic carbocycles. The zero-order chi connectivity index (χ0) is 17.9. The first-order valence-corrected chi connectivity index (χ1v) is 7.82. The summed E-state index contributed by atoms with van der Waals surface area (Å²) in [6.07, 6.45) is 0. The van der Waals surface area contributed by atoms with Crippen molar-refractivity contribution in [1.29, 1.82) is 0 Å². The van der Waals surface area contributed by atoms with Crippen LogP contribution < -0.4 is 4.57 Å². The van der Waals surface area contributed by atoms with Gasteiger partial charge >= 0.3 is 12.0 Å². The Morgan fingerprint density at radius 3 is 2.72 bits per heavy atom. The number of fused-ring (bicyclic) bond motifs is 3. The van der Waals surface area contributed by atoms with Crippen molar-refractivity contribution in [2.45, 2.75) is 26.4 Å². The Hall–Kier alpha value is -3.03. The highest BCUT2D eigenvalue weighted by Gasteiger charge is 2.55. The SMILES string of the molecule is Cc1oc2[n+](c1C)C1C(=O)N(Cc3ccccc3F)C(=O)N(C)C1=N2. The van der Waals surface area contributed by atoms with Crippen LogP contribution in [-0.2, 0) is 11.3 Å². The lowest BCUT2D eigenvalue weighted by Gasteiger charge is -2.32. The Morgan fingerprint density at radius 1 is 1.28 bits per heavy atom. The monoisotopic (exact) mass is 343 g/mol. The van der Waals surface area contributed by atoms with E-state index in [4.69, 9.17) is 4.42 Å². The van der Waals surface area contributed by atoms with Crippen LogP contribution in [0.3, 0.4) is 0 Å². The number of carbonyl (C=O) groups is 2. The van der Waals surface area contributed by atoms with Crippen molar-refractivity contribution in [3.63, 3.8) is 0 Å². The first-order valence-electron chi connectivity index (χ1n) is 7.82. The van der Waals surface area contributed by atoms with Crippen molar-refractivity contribution < 1.29 is 23.0 Å². The number of nitrogens with zero attached hydrogens (tertiary/aromatic N) is 4. The van der Waals surface area contributed by atoms with Crippen LogP contribution in [0.1, 0.15) is 23.1 Å². The summed E-state index contributed by atoms with van der Waals surface area (Å²) in [6, 6.07) is 5.06. The van der Waals surface area contributed by atoms with Crippen LogP contribution in [0.5, 0.6) is 0 Å². The summed E-state index contributed by atoms with van der Waals surface area (Å²) in [6.45, 7) is 3.48. The number of amidine groups is 1. The van der Waals surface area contributed by atoms with Crippen LogP contribution in [0, 0.1) is 19.7 Å². The molecule has 0 spiro atoms. The molecule has 2 aromatic rings. The van der Waals surface area contributed by atoms with Gasteiger partial charge in [-0.2, -0.15) is 4.57 Å². The lowest BCUT2D eigenvalue weighted by Crippen LogP contribution is -2.63. The number of aryl methyl sites for hydroxylation is 1. The third kappa shape index (κ3) is 2.10. The molecular weight excluding hydrogens is 327 g/mol. The highest BCUT2D eigenvalue weighted by Crippen LogP contribution is 2.31. The Labute approximate surface area is 143 Å². The van der Waals surface area contributed by atoms with Gasteiger partial charge in [0.1, 0.15) is 11.5 Å². The quantitative estimate of drug-likeness (QED) is 0.783. The van der Waals surface area contributed by atoms with Gasteiger partial charge in [0.2, 0.25) is 0 Å². The lowest BCUT2D eigenvalue weighted by molar-refractivity contribution is -0.685. The third-order valence-electron chi connectivity index (χ3n) is 4.68. The lowest BCUT2D eigenvalue weighted by atomic mass is 10.1. The van der Waals surface area contributed by atoms with Gasteiger partial charge in [-0.25, -0.2) is 9.18 Å². The van der Waals surface area contributed by atoms with Crippen molar-refractivity contribution in [3.05, 3.63) is 47.1 Å². The van der Waals surface area contributed by atoms with E-state index in [1.165, 1.54) is 11.0 Å². The molecular formula is C17H16FN4O3+. The van der Waals surface area contributed by atoms with E-state index in [0.29, 0.717) is 11.6 Å². The molecule has 128 valence electrons. The maximum absolute atomic E-state index is 14.0. The Kier molecular flexibility index (Phi) is 3.24. The molecule has 0 bridgehead atoms. The Morgan fingerprint density at radius 2 is 2.00 bits per heavy atom. The fourth-order valence-electron chi connectivity index (χ4n) is 3.17. The second-order valence-corrected chi connectivity index (χ2v) is 6.13. The van der Waals surface area contributed by atoms with Gasteiger partial charge in [0, 0.05) is 24.5 Å². The minimum absolute atomic E-state index is 0.135. The van der Waals surface area contributed by atoms with Crippen molar-refractivity contribution in [1.82, 2.24) is 9.80 Å². The number of rotatable bonds is 2. The molecule has 1 saturated heterocycles. The standard InChI is InChI=1S/C17H16FN4O3/c1-9-10(2)25-16-19-14-13(22(9)16)15(23)21(17(24)20(14)3)8-11-6-4-5-7-12(11)18/h4-7,13H,8H2,1-3H3/q+1. The predicted octanol–water partition coefficient (Wildman–Crippen LogP) is 2.00. The molecule has 0 N–H and O–H groups in total. The number of imide groups is 1. The highest BCUT2D eigenvalue weighted by molar-refractivity contribution is 6.18. The van der Waals surface area contributed by atoms with Crippen molar-refractivity contribution in [2.75, 3.05) is 7.05 Å². The Balaban J connectivity index is 1.76. The van der Waals surface area contributed by atoms with E-state index < -0.39 is 23.8 Å². The summed E-state index contributed by atoms with van der Waals surface area (Å²) in [5.74, 6) is 0.0745. The van der Waals surface area contributed by atoms with E-state index in [0.717, 1.165) is 10.6 Å². The van der Waals surface area contributed by atoms with Gasteiger partial charge in [-0.15, -0.1) is 0 Å². The van der Waals surface area contributed by atoms with Crippen LogP contribution in [-0.4, -0.2) is 34.6 Å². The number of likely N-dealkylation sites (N-methyl/N-ethyl adjacent to an activating group) is 1. The first kappa shape index (κ1) is 15.5. The van der Waals surface area contributed by atoms with E-state index in [9.17, 15) is 14.0 Å². The average Bonchev–Trinajstić information content (AvgIpc) is 3.08. The molecule has 0 aliphatic carbocycles. The number of amides is 3. The number of benzene rings is 1. The van der Waals surface area contributed by atoms with Gasteiger partial charge < -0.3 is 4.42 Å². The zero-order valence-corrected chi connectivity index (χ0v) is 14.0. The number of hydrogen-bond donors (Lipinski definition) is 0. The number of halogens is 1. The molecule has 8 heteroatoms. The molecule has 3 heterocycles. The molecule has 7 nitrogen and oxygen atoms in total. The number of aliphatic imine (C=N–C) groups is 1. The van der Waals surface area contributed by atoms with E-state index in [1.54, 1.807) is 36.7 Å². The second-order valence-electron chi connectivity index (χ2n) is 6.13. The summed E-state index contributed by atoms with van der Waals surface area (Å²) in [5, 5.41) is 0. The number of urea groups is 1. The van der Waals surface area contributed by atoms with E-state index in [-0.39, 0.29) is 18.1 Å². The molecule has 4 rings (SSSR count). The van der Waals surface area contributed by atoms with Crippen molar-refractivity contribution in [3.8, 4) is 0 Å². The fraction of sp³-hybridized carbons (Fsp3) is 0.294. The number of aromatic nitrogens is 1. The Bertz CT molecular complexity index is 949. The van der Waals surface area contributed by atoms with Crippen LogP contribution in [0.25, 0.3) is 0 Å².